The minimum absolute atomic E-state index is 0.0835. The van der Waals surface area contributed by atoms with Crippen LogP contribution in [0.5, 0.6) is 0 Å². The number of benzene rings is 1. The maximum atomic E-state index is 13.4. The number of hydrogen-bond acceptors (Lipinski definition) is 3. The average Bonchev–Trinajstić information content (AvgIpc) is 3.32. The van der Waals surface area contributed by atoms with Gasteiger partial charge in [-0.15, -0.1) is 0 Å². The van der Waals surface area contributed by atoms with Crippen LogP contribution in [0.15, 0.2) is 23.9 Å². The fourth-order valence-electron chi connectivity index (χ4n) is 4.74. The van der Waals surface area contributed by atoms with E-state index in [4.69, 9.17) is 0 Å². The lowest BCUT2D eigenvalue weighted by molar-refractivity contribution is -0.137. The second kappa shape index (κ2) is 10.8. The van der Waals surface area contributed by atoms with E-state index in [1.165, 1.54) is 49.0 Å². The molecule has 4 heteroatoms. The summed E-state index contributed by atoms with van der Waals surface area (Å²) in [5, 5.41) is 0. The van der Waals surface area contributed by atoms with Gasteiger partial charge in [0.25, 0.3) is 11.8 Å². The van der Waals surface area contributed by atoms with Gasteiger partial charge in [0, 0.05) is 19.6 Å². The molecule has 0 aliphatic carbocycles. The zero-order valence-corrected chi connectivity index (χ0v) is 19.1. The van der Waals surface area contributed by atoms with Crippen LogP contribution in [0.2, 0.25) is 0 Å². The molecule has 0 unspecified atom stereocenters. The van der Waals surface area contributed by atoms with E-state index in [0.29, 0.717) is 17.8 Å². The van der Waals surface area contributed by atoms with Gasteiger partial charge in [0.2, 0.25) is 0 Å². The summed E-state index contributed by atoms with van der Waals surface area (Å²) in [6.45, 7) is 8.61. The molecule has 0 atom stereocenters. The summed E-state index contributed by atoms with van der Waals surface area (Å²) in [6.07, 6.45) is 11.8. The third-order valence-electron chi connectivity index (χ3n) is 6.45. The molecule has 1 fully saturated rings. The van der Waals surface area contributed by atoms with Gasteiger partial charge in [0.15, 0.2) is 0 Å². The Hall–Kier alpha value is -2.10. The topological polar surface area (TPSA) is 40.6 Å². The Labute approximate surface area is 182 Å². The van der Waals surface area contributed by atoms with E-state index in [1.807, 2.05) is 19.1 Å². The summed E-state index contributed by atoms with van der Waals surface area (Å²) < 4.78 is 0. The van der Waals surface area contributed by atoms with Gasteiger partial charge < -0.3 is 4.90 Å². The summed E-state index contributed by atoms with van der Waals surface area (Å²) in [5.74, 6) is -0.184. The number of carbonyl (C=O) groups excluding carboxylic acids is 2. The molecule has 1 aromatic rings. The highest BCUT2D eigenvalue weighted by Crippen LogP contribution is 2.35. The van der Waals surface area contributed by atoms with Crippen LogP contribution in [-0.2, 0) is 9.59 Å². The van der Waals surface area contributed by atoms with Crippen molar-refractivity contribution in [3.8, 4) is 0 Å². The van der Waals surface area contributed by atoms with Crippen LogP contribution in [0.4, 0.5) is 0 Å². The van der Waals surface area contributed by atoms with Crippen LogP contribution in [0.25, 0.3) is 5.57 Å². The number of amides is 2. The Morgan fingerprint density at radius 1 is 0.833 bits per heavy atom. The molecule has 30 heavy (non-hydrogen) atoms. The van der Waals surface area contributed by atoms with Crippen LogP contribution >= 0.6 is 0 Å². The largest absolute Gasteiger partial charge is 0.366 e. The normalized spacial score (nSPS) is 17.0. The van der Waals surface area contributed by atoms with E-state index in [1.54, 1.807) is 0 Å². The lowest BCUT2D eigenvalue weighted by Crippen LogP contribution is -2.35. The van der Waals surface area contributed by atoms with E-state index in [0.717, 1.165) is 49.9 Å². The summed E-state index contributed by atoms with van der Waals surface area (Å²) in [6, 6.07) is 6.15. The molecule has 1 saturated heterocycles. The molecule has 2 heterocycles. The van der Waals surface area contributed by atoms with E-state index in [-0.39, 0.29) is 11.8 Å². The SMILES string of the molecule is CCCCCCCCCCN1C(=O)C(c2ccc(C)cc2C)=C(N2CCCC2)C1=O. The van der Waals surface area contributed by atoms with Gasteiger partial charge in [-0.2, -0.15) is 0 Å². The number of nitrogens with zero attached hydrogens (tertiary/aromatic N) is 2. The van der Waals surface area contributed by atoms with Crippen LogP contribution in [0.1, 0.15) is 87.8 Å². The van der Waals surface area contributed by atoms with Crippen molar-refractivity contribution in [3.05, 3.63) is 40.6 Å². The number of rotatable bonds is 11. The predicted molar refractivity (Wildman–Crippen MR) is 123 cm³/mol. The van der Waals surface area contributed by atoms with Crippen molar-refractivity contribution in [2.24, 2.45) is 0 Å². The Kier molecular flexibility index (Phi) is 8.12. The Bertz CT molecular complexity index is 790. The molecule has 0 spiro atoms. The van der Waals surface area contributed by atoms with Crippen LogP contribution in [0.3, 0.4) is 0 Å². The molecule has 1 aromatic carbocycles. The highest BCUT2D eigenvalue weighted by molar-refractivity contribution is 6.35. The van der Waals surface area contributed by atoms with Gasteiger partial charge in [0.1, 0.15) is 5.70 Å². The van der Waals surface area contributed by atoms with Crippen LogP contribution in [0, 0.1) is 13.8 Å². The fourth-order valence-corrected chi connectivity index (χ4v) is 4.74. The Morgan fingerprint density at radius 2 is 1.47 bits per heavy atom. The van der Waals surface area contributed by atoms with Crippen molar-refractivity contribution in [2.45, 2.75) is 85.0 Å². The number of imide groups is 1. The van der Waals surface area contributed by atoms with Crippen molar-refractivity contribution in [1.29, 1.82) is 0 Å². The van der Waals surface area contributed by atoms with Gasteiger partial charge in [-0.3, -0.25) is 14.5 Å². The fraction of sp³-hybridized carbons (Fsp3) is 0.615. The average molecular weight is 411 g/mol. The number of carbonyl (C=O) groups is 2. The van der Waals surface area contributed by atoms with E-state index >= 15 is 0 Å². The zero-order valence-electron chi connectivity index (χ0n) is 19.1. The molecule has 3 rings (SSSR count). The van der Waals surface area contributed by atoms with E-state index in [9.17, 15) is 9.59 Å². The van der Waals surface area contributed by atoms with Crippen LogP contribution < -0.4 is 0 Å². The van der Waals surface area contributed by atoms with Crippen molar-refractivity contribution in [1.82, 2.24) is 9.80 Å². The summed E-state index contributed by atoms with van der Waals surface area (Å²) >= 11 is 0. The van der Waals surface area contributed by atoms with Gasteiger partial charge in [-0.1, -0.05) is 75.6 Å². The number of likely N-dealkylation sites (tertiary alicyclic amines) is 1. The molecule has 0 bridgehead atoms. The smallest absolute Gasteiger partial charge is 0.277 e. The van der Waals surface area contributed by atoms with Crippen molar-refractivity contribution < 1.29 is 9.59 Å². The molecular formula is C26H38N2O2. The van der Waals surface area contributed by atoms with Crippen molar-refractivity contribution >= 4 is 17.4 Å². The van der Waals surface area contributed by atoms with E-state index < -0.39 is 0 Å². The maximum absolute atomic E-state index is 13.4. The zero-order chi connectivity index (χ0) is 21.5. The summed E-state index contributed by atoms with van der Waals surface area (Å²) in [7, 11) is 0. The highest BCUT2D eigenvalue weighted by atomic mass is 16.2. The van der Waals surface area contributed by atoms with Gasteiger partial charge in [-0.05, 0) is 44.2 Å². The van der Waals surface area contributed by atoms with Crippen molar-refractivity contribution in [2.75, 3.05) is 19.6 Å². The monoisotopic (exact) mass is 410 g/mol. The van der Waals surface area contributed by atoms with Gasteiger partial charge in [0.05, 0.1) is 5.57 Å². The molecule has 2 amide bonds. The second-order valence-corrected chi connectivity index (χ2v) is 8.97. The number of hydrogen-bond donors (Lipinski definition) is 0. The minimum Gasteiger partial charge on any atom is -0.366 e. The number of unbranched alkanes of at least 4 members (excludes halogenated alkanes) is 7. The predicted octanol–water partition coefficient (Wildman–Crippen LogP) is 5.62. The Morgan fingerprint density at radius 3 is 2.10 bits per heavy atom. The van der Waals surface area contributed by atoms with Gasteiger partial charge in [-0.25, -0.2) is 0 Å². The third-order valence-corrected chi connectivity index (χ3v) is 6.45. The maximum Gasteiger partial charge on any atom is 0.277 e. The second-order valence-electron chi connectivity index (χ2n) is 8.97. The lowest BCUT2D eigenvalue weighted by atomic mass is 9.97. The Balaban J connectivity index is 1.69. The molecule has 0 saturated carbocycles. The summed E-state index contributed by atoms with van der Waals surface area (Å²) in [4.78, 5) is 30.3. The first-order chi connectivity index (χ1) is 14.5. The molecule has 164 valence electrons. The molecular weight excluding hydrogens is 372 g/mol. The molecule has 0 radical (unpaired) electrons. The highest BCUT2D eigenvalue weighted by Gasteiger charge is 2.42. The van der Waals surface area contributed by atoms with E-state index in [2.05, 4.69) is 24.8 Å². The minimum atomic E-state index is -0.100. The first-order valence-electron chi connectivity index (χ1n) is 12.0. The molecule has 4 nitrogen and oxygen atoms in total. The van der Waals surface area contributed by atoms with Crippen molar-refractivity contribution in [3.63, 3.8) is 0 Å². The first kappa shape index (κ1) is 22.6. The number of aryl methyl sites for hydroxylation is 2. The molecule has 2 aliphatic heterocycles. The lowest BCUT2D eigenvalue weighted by Gasteiger charge is -2.20. The summed E-state index contributed by atoms with van der Waals surface area (Å²) in [5.41, 5.74) is 4.42. The van der Waals surface area contributed by atoms with Crippen LogP contribution in [-0.4, -0.2) is 41.2 Å². The quantitative estimate of drug-likeness (QED) is 0.351. The van der Waals surface area contributed by atoms with Gasteiger partial charge >= 0.3 is 0 Å². The molecule has 2 aliphatic rings. The standard InChI is InChI=1S/C26H38N2O2/c1-4-5-6-7-8-9-10-11-18-28-25(29)23(22-15-14-20(2)19-21(22)3)24(26(28)30)27-16-12-13-17-27/h14-15,19H,4-13,16-18H2,1-3H3. The first-order valence-corrected chi connectivity index (χ1v) is 12.0. The molecule has 0 aromatic heterocycles. The third kappa shape index (κ3) is 5.14. The molecule has 0 N–H and O–H groups in total.